The molecule has 0 aliphatic carbocycles. The van der Waals surface area contributed by atoms with Crippen LogP contribution < -0.4 is 10.9 Å². The van der Waals surface area contributed by atoms with Crippen molar-refractivity contribution in [3.63, 3.8) is 0 Å². The van der Waals surface area contributed by atoms with Crippen molar-refractivity contribution in [2.75, 3.05) is 5.32 Å². The van der Waals surface area contributed by atoms with Gasteiger partial charge in [0.15, 0.2) is 0 Å². The number of phenolic OH excluding ortho intramolecular Hbond substituents is 1. The second-order valence-electron chi connectivity index (χ2n) is 6.95. The summed E-state index contributed by atoms with van der Waals surface area (Å²) >= 11 is 7.36. The predicted molar refractivity (Wildman–Crippen MR) is 124 cm³/mol. The minimum atomic E-state index is -0.420. The van der Waals surface area contributed by atoms with Gasteiger partial charge in [0.2, 0.25) is 5.91 Å². The van der Waals surface area contributed by atoms with E-state index in [1.165, 1.54) is 17.8 Å². The third kappa shape index (κ3) is 5.48. The van der Waals surface area contributed by atoms with Crippen molar-refractivity contribution >= 4 is 45.9 Å². The highest BCUT2D eigenvalue weighted by molar-refractivity contribution is 7.98. The van der Waals surface area contributed by atoms with Crippen LogP contribution in [0, 0.1) is 0 Å². The van der Waals surface area contributed by atoms with Crippen molar-refractivity contribution in [1.82, 2.24) is 0 Å². The molecule has 0 saturated heterocycles. The molecule has 4 rings (SSSR count). The number of phenols is 1. The number of amides is 1. The smallest absolute Gasteiger partial charge is 0.340 e. The Bertz CT molecular complexity index is 1280. The maximum absolute atomic E-state index is 12.2. The van der Waals surface area contributed by atoms with E-state index in [-0.39, 0.29) is 18.1 Å². The van der Waals surface area contributed by atoms with Gasteiger partial charge in [0.25, 0.3) is 0 Å². The Morgan fingerprint density at radius 1 is 1.00 bits per heavy atom. The van der Waals surface area contributed by atoms with Gasteiger partial charge in [-0.1, -0.05) is 23.7 Å². The lowest BCUT2D eigenvalue weighted by Crippen LogP contribution is -2.14. The van der Waals surface area contributed by atoms with Crippen LogP contribution in [0.5, 0.6) is 5.75 Å². The van der Waals surface area contributed by atoms with Crippen molar-refractivity contribution in [3.8, 4) is 5.75 Å². The topological polar surface area (TPSA) is 79.5 Å². The molecule has 156 valence electrons. The molecule has 0 unspecified atom stereocenters. The molecule has 4 aromatic rings. The lowest BCUT2D eigenvalue weighted by Gasteiger charge is -2.07. The first-order valence-corrected chi connectivity index (χ1v) is 10.9. The Hall–Kier alpha value is -3.22. The lowest BCUT2D eigenvalue weighted by molar-refractivity contribution is -0.115. The van der Waals surface area contributed by atoms with E-state index in [1.807, 2.05) is 36.4 Å². The first-order chi connectivity index (χ1) is 15.0. The number of benzene rings is 3. The fraction of sp³-hybridized carbons (Fsp3) is 0.0833. The van der Waals surface area contributed by atoms with Crippen molar-refractivity contribution < 1.29 is 14.3 Å². The number of carbonyl (C=O) groups is 1. The lowest BCUT2D eigenvalue weighted by atomic mass is 10.1. The van der Waals surface area contributed by atoms with E-state index in [0.29, 0.717) is 27.6 Å². The molecule has 2 N–H and O–H groups in total. The van der Waals surface area contributed by atoms with Crippen LogP contribution in [0.2, 0.25) is 5.02 Å². The van der Waals surface area contributed by atoms with Gasteiger partial charge in [-0.2, -0.15) is 0 Å². The van der Waals surface area contributed by atoms with Gasteiger partial charge in [0.05, 0.1) is 6.42 Å². The number of rotatable bonds is 6. The van der Waals surface area contributed by atoms with E-state index in [4.69, 9.17) is 16.0 Å². The number of hydrogen-bond donors (Lipinski definition) is 2. The zero-order chi connectivity index (χ0) is 21.8. The highest BCUT2D eigenvalue weighted by Gasteiger charge is 2.08. The van der Waals surface area contributed by atoms with E-state index >= 15 is 0 Å². The molecule has 0 bridgehead atoms. The first-order valence-electron chi connectivity index (χ1n) is 9.49. The van der Waals surface area contributed by atoms with Crippen LogP contribution in [0.25, 0.3) is 11.0 Å². The summed E-state index contributed by atoms with van der Waals surface area (Å²) in [5.41, 5.74) is 2.07. The Morgan fingerprint density at radius 2 is 1.74 bits per heavy atom. The number of nitrogens with one attached hydrogen (secondary N) is 1. The number of anilines is 1. The minimum Gasteiger partial charge on any atom is -0.508 e. The van der Waals surface area contributed by atoms with Crippen molar-refractivity contribution in [1.29, 1.82) is 0 Å². The number of aromatic hydroxyl groups is 1. The molecule has 1 amide bonds. The van der Waals surface area contributed by atoms with Crippen molar-refractivity contribution in [2.45, 2.75) is 17.1 Å². The van der Waals surface area contributed by atoms with Crippen LogP contribution in [0.15, 0.2) is 86.9 Å². The summed E-state index contributed by atoms with van der Waals surface area (Å²) in [6.07, 6.45) is 0.267. The average molecular weight is 452 g/mol. The summed E-state index contributed by atoms with van der Waals surface area (Å²) in [7, 11) is 0. The van der Waals surface area contributed by atoms with E-state index in [9.17, 15) is 14.7 Å². The van der Waals surface area contributed by atoms with E-state index in [1.54, 1.807) is 30.3 Å². The maximum Gasteiger partial charge on any atom is 0.340 e. The summed E-state index contributed by atoms with van der Waals surface area (Å²) in [5, 5.41) is 13.8. The molecule has 31 heavy (non-hydrogen) atoms. The van der Waals surface area contributed by atoms with Crippen LogP contribution in [-0.4, -0.2) is 11.0 Å². The van der Waals surface area contributed by atoms with Gasteiger partial charge < -0.3 is 14.8 Å². The summed E-state index contributed by atoms with van der Waals surface area (Å²) in [6.45, 7) is 0. The van der Waals surface area contributed by atoms with Gasteiger partial charge in [0.1, 0.15) is 11.3 Å². The fourth-order valence-electron chi connectivity index (χ4n) is 3.03. The van der Waals surface area contributed by atoms with Gasteiger partial charge in [-0.05, 0) is 60.2 Å². The zero-order valence-corrected chi connectivity index (χ0v) is 17.9. The minimum absolute atomic E-state index is 0.0538. The first kappa shape index (κ1) is 21.0. The average Bonchev–Trinajstić information content (AvgIpc) is 2.75. The molecule has 0 spiro atoms. The third-order valence-corrected chi connectivity index (χ3v) is 5.91. The quantitative estimate of drug-likeness (QED) is 0.293. The Labute approximate surface area is 187 Å². The maximum atomic E-state index is 12.2. The van der Waals surface area contributed by atoms with Crippen LogP contribution in [-0.2, 0) is 17.0 Å². The van der Waals surface area contributed by atoms with Crippen LogP contribution in [0.4, 0.5) is 5.69 Å². The summed E-state index contributed by atoms with van der Waals surface area (Å²) < 4.78 is 5.30. The van der Waals surface area contributed by atoms with Gasteiger partial charge in [-0.25, -0.2) is 4.79 Å². The Morgan fingerprint density at radius 3 is 2.48 bits per heavy atom. The normalized spacial score (nSPS) is 10.9. The molecular formula is C24H18ClNO4S. The molecule has 1 heterocycles. The summed E-state index contributed by atoms with van der Waals surface area (Å²) in [6, 6.07) is 21.1. The predicted octanol–water partition coefficient (Wildman–Crippen LogP) is 5.63. The van der Waals surface area contributed by atoms with Crippen molar-refractivity contribution in [3.05, 3.63) is 99.4 Å². The van der Waals surface area contributed by atoms with E-state index in [0.717, 1.165) is 15.8 Å². The molecule has 7 heteroatoms. The molecule has 0 saturated carbocycles. The molecule has 5 nitrogen and oxygen atoms in total. The number of fused-ring (bicyclic) bond motifs is 1. The van der Waals surface area contributed by atoms with Crippen LogP contribution in [0.3, 0.4) is 0 Å². The number of halogens is 1. The van der Waals surface area contributed by atoms with Gasteiger partial charge in [0, 0.05) is 38.4 Å². The second-order valence-corrected chi connectivity index (χ2v) is 8.43. The van der Waals surface area contributed by atoms with E-state index in [2.05, 4.69) is 5.32 Å². The van der Waals surface area contributed by atoms with Gasteiger partial charge in [-0.15, -0.1) is 11.8 Å². The molecule has 0 radical (unpaired) electrons. The SMILES string of the molecule is O=C(Cc1ccc(Cl)cc1)Nc1ccc(SCc2cc3ccc(O)cc3oc2=O)cc1. The van der Waals surface area contributed by atoms with Gasteiger partial charge in [-0.3, -0.25) is 4.79 Å². The Kier molecular flexibility index (Phi) is 6.30. The monoisotopic (exact) mass is 451 g/mol. The fourth-order valence-corrected chi connectivity index (χ4v) is 4.01. The Balaban J connectivity index is 1.36. The third-order valence-electron chi connectivity index (χ3n) is 4.60. The summed E-state index contributed by atoms with van der Waals surface area (Å²) in [4.78, 5) is 25.4. The molecule has 0 fully saturated rings. The second kappa shape index (κ2) is 9.29. The largest absolute Gasteiger partial charge is 0.508 e. The highest BCUT2D eigenvalue weighted by atomic mass is 35.5. The van der Waals surface area contributed by atoms with E-state index < -0.39 is 5.63 Å². The molecule has 3 aromatic carbocycles. The molecular weight excluding hydrogens is 434 g/mol. The standard InChI is InChI=1S/C24H18ClNO4S/c25-18-4-1-15(2-5-18)11-23(28)26-19-6-9-21(10-7-19)31-14-17-12-16-3-8-20(27)13-22(16)30-24(17)29/h1-10,12-13,27H,11,14H2,(H,26,28). The molecule has 0 atom stereocenters. The molecule has 0 aliphatic heterocycles. The van der Waals surface area contributed by atoms with Crippen LogP contribution >= 0.6 is 23.4 Å². The number of thioether (sulfide) groups is 1. The summed E-state index contributed by atoms with van der Waals surface area (Å²) in [5.74, 6) is 0.391. The number of carbonyl (C=O) groups excluding carboxylic acids is 1. The highest BCUT2D eigenvalue weighted by Crippen LogP contribution is 2.25. The van der Waals surface area contributed by atoms with Crippen molar-refractivity contribution in [2.24, 2.45) is 0 Å². The van der Waals surface area contributed by atoms with Crippen LogP contribution in [0.1, 0.15) is 11.1 Å². The molecule has 1 aromatic heterocycles. The van der Waals surface area contributed by atoms with Gasteiger partial charge >= 0.3 is 5.63 Å². The molecule has 0 aliphatic rings. The zero-order valence-electron chi connectivity index (χ0n) is 16.3. The number of hydrogen-bond acceptors (Lipinski definition) is 5.